The molecule has 0 N–H and O–H groups in total. The van der Waals surface area contributed by atoms with E-state index in [2.05, 4.69) is 43.0 Å². The average molecular weight is 338 g/mol. The molecule has 0 spiro atoms. The summed E-state index contributed by atoms with van der Waals surface area (Å²) in [5.74, 6) is 1.83. The molecule has 2 rings (SSSR count). The molecule has 0 radical (unpaired) electrons. The lowest BCUT2D eigenvalue weighted by atomic mass is 10.1. The van der Waals surface area contributed by atoms with Gasteiger partial charge in [-0.15, -0.1) is 6.58 Å². The van der Waals surface area contributed by atoms with Gasteiger partial charge >= 0.3 is 0 Å². The van der Waals surface area contributed by atoms with E-state index < -0.39 is 0 Å². The van der Waals surface area contributed by atoms with Gasteiger partial charge in [-0.3, -0.25) is 0 Å². The highest BCUT2D eigenvalue weighted by Gasteiger charge is 2.00. The third-order valence-corrected chi connectivity index (χ3v) is 4.35. The minimum atomic E-state index is 0.800. The fraction of sp³-hybridized carbons (Fsp3) is 0.391. The Labute approximate surface area is 152 Å². The van der Waals surface area contributed by atoms with Crippen molar-refractivity contribution in [2.24, 2.45) is 0 Å². The molecular weight excluding hydrogens is 308 g/mol. The van der Waals surface area contributed by atoms with Gasteiger partial charge in [-0.2, -0.15) is 0 Å². The first-order valence-electron chi connectivity index (χ1n) is 9.31. The maximum atomic E-state index is 5.85. The molecule has 0 fully saturated rings. The van der Waals surface area contributed by atoms with Crippen molar-refractivity contribution < 1.29 is 9.47 Å². The Morgan fingerprint density at radius 1 is 0.720 bits per heavy atom. The number of hydrogen-bond acceptors (Lipinski definition) is 2. The van der Waals surface area contributed by atoms with Crippen molar-refractivity contribution in [2.75, 3.05) is 13.7 Å². The second-order valence-corrected chi connectivity index (χ2v) is 6.30. The van der Waals surface area contributed by atoms with Gasteiger partial charge < -0.3 is 9.47 Å². The zero-order chi connectivity index (χ0) is 17.7. The smallest absolute Gasteiger partial charge is 0.119 e. The maximum absolute atomic E-state index is 5.85. The first kappa shape index (κ1) is 19.1. The van der Waals surface area contributed by atoms with Gasteiger partial charge in [-0.05, 0) is 54.7 Å². The van der Waals surface area contributed by atoms with Crippen molar-refractivity contribution in [3.05, 3.63) is 61.2 Å². The van der Waals surface area contributed by atoms with Gasteiger partial charge in [0.15, 0.2) is 0 Å². The van der Waals surface area contributed by atoms with Crippen molar-refractivity contribution in [3.63, 3.8) is 0 Å². The summed E-state index contributed by atoms with van der Waals surface area (Å²) < 4.78 is 11.0. The molecule has 2 heteroatoms. The monoisotopic (exact) mass is 338 g/mol. The van der Waals surface area contributed by atoms with Crippen LogP contribution >= 0.6 is 0 Å². The minimum Gasteiger partial charge on any atom is -0.497 e. The molecule has 0 aromatic heterocycles. The first-order chi connectivity index (χ1) is 12.3. The molecule has 134 valence electrons. The maximum Gasteiger partial charge on any atom is 0.119 e. The third kappa shape index (κ3) is 7.04. The predicted octanol–water partition coefficient (Wildman–Crippen LogP) is 6.66. The summed E-state index contributed by atoms with van der Waals surface area (Å²) in [6.07, 6.45) is 10.8. The fourth-order valence-electron chi connectivity index (χ4n) is 2.81. The van der Waals surface area contributed by atoms with Crippen molar-refractivity contribution in [3.8, 4) is 22.6 Å². The third-order valence-electron chi connectivity index (χ3n) is 4.35. The van der Waals surface area contributed by atoms with E-state index in [0.717, 1.165) is 30.9 Å². The summed E-state index contributed by atoms with van der Waals surface area (Å²) in [4.78, 5) is 0. The van der Waals surface area contributed by atoms with E-state index in [1.54, 1.807) is 7.11 Å². The molecule has 0 saturated carbocycles. The number of rotatable bonds is 12. The van der Waals surface area contributed by atoms with E-state index >= 15 is 0 Å². The van der Waals surface area contributed by atoms with Gasteiger partial charge in [0.1, 0.15) is 11.5 Å². The van der Waals surface area contributed by atoms with Crippen LogP contribution in [-0.2, 0) is 0 Å². The van der Waals surface area contributed by atoms with Gasteiger partial charge in [-0.25, -0.2) is 0 Å². The number of ether oxygens (including phenoxy) is 2. The molecule has 0 unspecified atom stereocenters. The molecule has 0 aliphatic carbocycles. The number of hydrogen-bond donors (Lipinski definition) is 0. The molecule has 2 nitrogen and oxygen atoms in total. The Bertz CT molecular complexity index is 599. The zero-order valence-electron chi connectivity index (χ0n) is 15.4. The quantitative estimate of drug-likeness (QED) is 0.318. The molecule has 2 aromatic carbocycles. The van der Waals surface area contributed by atoms with E-state index in [1.807, 2.05) is 18.2 Å². The van der Waals surface area contributed by atoms with Crippen LogP contribution in [0.1, 0.15) is 44.9 Å². The summed E-state index contributed by atoms with van der Waals surface area (Å²) in [5, 5.41) is 0. The van der Waals surface area contributed by atoms with Crippen LogP contribution in [0, 0.1) is 0 Å². The Balaban J connectivity index is 1.65. The number of methoxy groups -OCH3 is 1. The van der Waals surface area contributed by atoms with E-state index in [4.69, 9.17) is 9.47 Å². The number of allylic oxidation sites excluding steroid dienone is 1. The summed E-state index contributed by atoms with van der Waals surface area (Å²) in [7, 11) is 1.68. The van der Waals surface area contributed by atoms with Crippen LogP contribution in [0.4, 0.5) is 0 Å². The summed E-state index contributed by atoms with van der Waals surface area (Å²) in [5.41, 5.74) is 2.37. The van der Waals surface area contributed by atoms with Crippen molar-refractivity contribution in [1.29, 1.82) is 0 Å². The van der Waals surface area contributed by atoms with Crippen LogP contribution in [0.2, 0.25) is 0 Å². The van der Waals surface area contributed by atoms with E-state index in [0.29, 0.717) is 0 Å². The Morgan fingerprint density at radius 3 is 1.80 bits per heavy atom. The van der Waals surface area contributed by atoms with E-state index in [-0.39, 0.29) is 0 Å². The van der Waals surface area contributed by atoms with Gasteiger partial charge in [-0.1, -0.05) is 56.0 Å². The molecule has 0 bridgehead atoms. The van der Waals surface area contributed by atoms with Crippen molar-refractivity contribution >= 4 is 0 Å². The zero-order valence-corrected chi connectivity index (χ0v) is 15.4. The standard InChI is InChI=1S/C23H30O2/c1-3-4-5-6-7-8-9-10-19-25-23-17-13-21(14-18-23)20-11-15-22(24-2)16-12-20/h3,11-18H,1,4-10,19H2,2H3. The van der Waals surface area contributed by atoms with Crippen LogP contribution in [0.25, 0.3) is 11.1 Å². The lowest BCUT2D eigenvalue weighted by Crippen LogP contribution is -1.97. The van der Waals surface area contributed by atoms with Crippen LogP contribution < -0.4 is 9.47 Å². The first-order valence-corrected chi connectivity index (χ1v) is 9.31. The highest BCUT2D eigenvalue weighted by atomic mass is 16.5. The lowest BCUT2D eigenvalue weighted by molar-refractivity contribution is 0.304. The van der Waals surface area contributed by atoms with Gasteiger partial charge in [0.2, 0.25) is 0 Å². The second kappa shape index (κ2) is 11.4. The van der Waals surface area contributed by atoms with Crippen molar-refractivity contribution in [2.45, 2.75) is 44.9 Å². The van der Waals surface area contributed by atoms with Gasteiger partial charge in [0.25, 0.3) is 0 Å². The molecule has 0 atom stereocenters. The Kier molecular flexibility index (Phi) is 8.68. The van der Waals surface area contributed by atoms with E-state index in [9.17, 15) is 0 Å². The van der Waals surface area contributed by atoms with Crippen LogP contribution in [0.3, 0.4) is 0 Å². The molecule has 0 aliphatic heterocycles. The number of benzene rings is 2. The Hall–Kier alpha value is -2.22. The molecule has 25 heavy (non-hydrogen) atoms. The molecular formula is C23H30O2. The lowest BCUT2D eigenvalue weighted by Gasteiger charge is -2.08. The SMILES string of the molecule is C=CCCCCCCCCOc1ccc(-c2ccc(OC)cc2)cc1. The Morgan fingerprint density at radius 2 is 1.24 bits per heavy atom. The van der Waals surface area contributed by atoms with Crippen LogP contribution in [0.15, 0.2) is 61.2 Å². The predicted molar refractivity (Wildman–Crippen MR) is 106 cm³/mol. The average Bonchev–Trinajstić information content (AvgIpc) is 2.67. The second-order valence-electron chi connectivity index (χ2n) is 6.30. The molecule has 0 aliphatic rings. The van der Waals surface area contributed by atoms with Gasteiger partial charge in [0.05, 0.1) is 13.7 Å². The topological polar surface area (TPSA) is 18.5 Å². The highest BCUT2D eigenvalue weighted by Crippen LogP contribution is 2.24. The minimum absolute atomic E-state index is 0.800. The summed E-state index contributed by atoms with van der Waals surface area (Å²) in [6, 6.07) is 16.4. The molecule has 0 saturated heterocycles. The summed E-state index contributed by atoms with van der Waals surface area (Å²) >= 11 is 0. The van der Waals surface area contributed by atoms with Crippen LogP contribution in [0.5, 0.6) is 11.5 Å². The largest absolute Gasteiger partial charge is 0.497 e. The van der Waals surface area contributed by atoms with Crippen LogP contribution in [-0.4, -0.2) is 13.7 Å². The van der Waals surface area contributed by atoms with Gasteiger partial charge in [0, 0.05) is 0 Å². The van der Waals surface area contributed by atoms with E-state index in [1.165, 1.54) is 43.2 Å². The summed E-state index contributed by atoms with van der Waals surface area (Å²) in [6.45, 7) is 4.56. The molecule has 0 amide bonds. The molecule has 0 heterocycles. The normalized spacial score (nSPS) is 10.4. The fourth-order valence-corrected chi connectivity index (χ4v) is 2.81. The van der Waals surface area contributed by atoms with Crippen molar-refractivity contribution in [1.82, 2.24) is 0 Å². The highest BCUT2D eigenvalue weighted by molar-refractivity contribution is 5.64. The number of unbranched alkanes of at least 4 members (excludes halogenated alkanes) is 6. The molecule has 2 aromatic rings.